The first-order chi connectivity index (χ1) is 8.31. The molecule has 1 amide bonds. The smallest absolute Gasteiger partial charge is 0.237 e. The zero-order valence-corrected chi connectivity index (χ0v) is 12.7. The summed E-state index contributed by atoms with van der Waals surface area (Å²) >= 11 is 1.76. The minimum absolute atomic E-state index is 0.0284. The molecule has 102 valence electrons. The first-order valence-corrected chi connectivity index (χ1v) is 7.25. The van der Waals surface area contributed by atoms with E-state index in [0.29, 0.717) is 5.92 Å². The van der Waals surface area contributed by atoms with Gasteiger partial charge in [-0.05, 0) is 44.7 Å². The predicted molar refractivity (Wildman–Crippen MR) is 77.8 cm³/mol. The van der Waals surface area contributed by atoms with Crippen LogP contribution >= 0.6 is 11.3 Å². The Morgan fingerprint density at radius 1 is 1.39 bits per heavy atom. The summed E-state index contributed by atoms with van der Waals surface area (Å²) in [6.45, 7) is 10.3. The van der Waals surface area contributed by atoms with Crippen LogP contribution in [0.15, 0.2) is 6.07 Å². The van der Waals surface area contributed by atoms with Crippen molar-refractivity contribution in [1.29, 1.82) is 0 Å². The van der Waals surface area contributed by atoms with Crippen molar-refractivity contribution in [3.8, 4) is 0 Å². The minimum Gasteiger partial charge on any atom is -0.348 e. The largest absolute Gasteiger partial charge is 0.348 e. The summed E-state index contributed by atoms with van der Waals surface area (Å²) in [5.41, 5.74) is 7.08. The SMILES string of the molecule is Cc1cc(C(C)NC(=O)C(N)CC(C)C)c(C)s1. The fourth-order valence-corrected chi connectivity index (χ4v) is 3.12. The quantitative estimate of drug-likeness (QED) is 0.862. The van der Waals surface area contributed by atoms with E-state index >= 15 is 0 Å². The van der Waals surface area contributed by atoms with E-state index in [1.807, 2.05) is 6.92 Å². The van der Waals surface area contributed by atoms with Crippen LogP contribution in [-0.4, -0.2) is 11.9 Å². The van der Waals surface area contributed by atoms with Crippen molar-refractivity contribution in [3.05, 3.63) is 21.4 Å². The Kier molecular flexibility index (Phi) is 5.35. The lowest BCUT2D eigenvalue weighted by Gasteiger charge is -2.18. The fourth-order valence-electron chi connectivity index (χ4n) is 2.09. The van der Waals surface area contributed by atoms with Gasteiger partial charge in [0, 0.05) is 9.75 Å². The highest BCUT2D eigenvalue weighted by Crippen LogP contribution is 2.26. The molecule has 18 heavy (non-hydrogen) atoms. The van der Waals surface area contributed by atoms with Crippen molar-refractivity contribution < 1.29 is 4.79 Å². The van der Waals surface area contributed by atoms with E-state index in [2.05, 4.69) is 39.1 Å². The van der Waals surface area contributed by atoms with Gasteiger partial charge in [0.15, 0.2) is 0 Å². The molecule has 0 fully saturated rings. The Morgan fingerprint density at radius 3 is 2.44 bits per heavy atom. The number of carbonyl (C=O) groups is 1. The molecular weight excluding hydrogens is 244 g/mol. The molecule has 2 atom stereocenters. The lowest BCUT2D eigenvalue weighted by atomic mass is 10.0. The Morgan fingerprint density at radius 2 is 2.00 bits per heavy atom. The molecule has 4 heteroatoms. The summed E-state index contributed by atoms with van der Waals surface area (Å²) < 4.78 is 0. The monoisotopic (exact) mass is 268 g/mol. The Labute approximate surface area is 114 Å². The zero-order chi connectivity index (χ0) is 13.9. The second-order valence-electron chi connectivity index (χ2n) is 5.33. The minimum atomic E-state index is -0.410. The van der Waals surface area contributed by atoms with Gasteiger partial charge < -0.3 is 11.1 Å². The molecule has 0 aliphatic rings. The molecule has 0 radical (unpaired) electrons. The number of nitrogens with one attached hydrogen (secondary N) is 1. The second kappa shape index (κ2) is 6.34. The Hall–Kier alpha value is -0.870. The van der Waals surface area contributed by atoms with Crippen molar-refractivity contribution in [3.63, 3.8) is 0 Å². The van der Waals surface area contributed by atoms with Gasteiger partial charge in [-0.3, -0.25) is 4.79 Å². The van der Waals surface area contributed by atoms with Crippen LogP contribution < -0.4 is 11.1 Å². The van der Waals surface area contributed by atoms with Crippen LogP contribution in [0.4, 0.5) is 0 Å². The van der Waals surface area contributed by atoms with Crippen LogP contribution in [-0.2, 0) is 4.79 Å². The van der Waals surface area contributed by atoms with Gasteiger partial charge in [-0.15, -0.1) is 11.3 Å². The van der Waals surface area contributed by atoms with Gasteiger partial charge in [0.05, 0.1) is 12.1 Å². The van der Waals surface area contributed by atoms with Crippen molar-refractivity contribution in [2.45, 2.75) is 53.1 Å². The van der Waals surface area contributed by atoms with E-state index < -0.39 is 6.04 Å². The lowest BCUT2D eigenvalue weighted by Crippen LogP contribution is -2.42. The predicted octanol–water partition coefficient (Wildman–Crippen LogP) is 2.92. The molecule has 1 aromatic heterocycles. The number of hydrogen-bond acceptors (Lipinski definition) is 3. The number of nitrogens with two attached hydrogens (primary N) is 1. The van der Waals surface area contributed by atoms with Gasteiger partial charge in [-0.25, -0.2) is 0 Å². The third kappa shape index (κ3) is 4.10. The highest BCUT2D eigenvalue weighted by Gasteiger charge is 2.19. The molecule has 0 aromatic carbocycles. The van der Waals surface area contributed by atoms with Gasteiger partial charge in [-0.2, -0.15) is 0 Å². The van der Waals surface area contributed by atoms with Gasteiger partial charge in [-0.1, -0.05) is 13.8 Å². The molecule has 0 spiro atoms. The first-order valence-electron chi connectivity index (χ1n) is 6.44. The highest BCUT2D eigenvalue weighted by molar-refractivity contribution is 7.12. The van der Waals surface area contributed by atoms with Crippen molar-refractivity contribution in [1.82, 2.24) is 5.32 Å². The fraction of sp³-hybridized carbons (Fsp3) is 0.643. The maximum atomic E-state index is 11.9. The number of carbonyl (C=O) groups excluding carboxylic acids is 1. The molecule has 0 saturated heterocycles. The number of rotatable bonds is 5. The average Bonchev–Trinajstić information content (AvgIpc) is 2.56. The molecule has 1 aromatic rings. The average molecular weight is 268 g/mol. The highest BCUT2D eigenvalue weighted by atomic mass is 32.1. The van der Waals surface area contributed by atoms with Crippen LogP contribution in [0.25, 0.3) is 0 Å². The second-order valence-corrected chi connectivity index (χ2v) is 6.80. The van der Waals surface area contributed by atoms with Gasteiger partial charge in [0.25, 0.3) is 0 Å². The van der Waals surface area contributed by atoms with E-state index in [0.717, 1.165) is 6.42 Å². The van der Waals surface area contributed by atoms with Gasteiger partial charge >= 0.3 is 0 Å². The third-order valence-electron chi connectivity index (χ3n) is 2.97. The maximum absolute atomic E-state index is 11.9. The van der Waals surface area contributed by atoms with Crippen LogP contribution in [0.3, 0.4) is 0 Å². The van der Waals surface area contributed by atoms with Crippen molar-refractivity contribution in [2.24, 2.45) is 11.7 Å². The van der Waals surface area contributed by atoms with E-state index in [1.54, 1.807) is 11.3 Å². The third-order valence-corrected chi connectivity index (χ3v) is 3.95. The molecule has 1 rings (SSSR count). The molecule has 0 saturated carbocycles. The summed E-state index contributed by atoms with van der Waals surface area (Å²) in [5, 5.41) is 3.00. The standard InChI is InChI=1S/C14H24N2OS/c1-8(2)6-13(15)14(17)16-10(4)12-7-9(3)18-11(12)5/h7-8,10,13H,6,15H2,1-5H3,(H,16,17). The normalized spacial score (nSPS) is 14.6. The number of hydrogen-bond donors (Lipinski definition) is 2. The van der Waals surface area contributed by atoms with E-state index in [-0.39, 0.29) is 11.9 Å². The number of amides is 1. The molecule has 1 heterocycles. The Balaban J connectivity index is 2.62. The maximum Gasteiger partial charge on any atom is 0.237 e. The molecule has 0 bridgehead atoms. The summed E-state index contributed by atoms with van der Waals surface area (Å²) in [7, 11) is 0. The molecule has 3 N–H and O–H groups in total. The Bertz CT molecular complexity index is 412. The van der Waals surface area contributed by atoms with Gasteiger partial charge in [0.1, 0.15) is 0 Å². The van der Waals surface area contributed by atoms with Crippen LogP contribution in [0.1, 0.15) is 48.6 Å². The van der Waals surface area contributed by atoms with E-state index in [9.17, 15) is 4.79 Å². The number of thiophene rings is 1. The zero-order valence-electron chi connectivity index (χ0n) is 11.9. The van der Waals surface area contributed by atoms with Crippen molar-refractivity contribution >= 4 is 17.2 Å². The summed E-state index contributed by atoms with van der Waals surface area (Å²) in [5.74, 6) is 0.380. The summed E-state index contributed by atoms with van der Waals surface area (Å²) in [4.78, 5) is 14.5. The summed E-state index contributed by atoms with van der Waals surface area (Å²) in [6.07, 6.45) is 0.722. The molecular formula is C14H24N2OS. The van der Waals surface area contributed by atoms with Crippen LogP contribution in [0.2, 0.25) is 0 Å². The molecule has 0 aliphatic heterocycles. The van der Waals surface area contributed by atoms with E-state index in [1.165, 1.54) is 15.3 Å². The van der Waals surface area contributed by atoms with Crippen LogP contribution in [0, 0.1) is 19.8 Å². The van der Waals surface area contributed by atoms with Crippen molar-refractivity contribution in [2.75, 3.05) is 0 Å². The topological polar surface area (TPSA) is 55.1 Å². The first kappa shape index (κ1) is 15.2. The molecule has 2 unspecified atom stereocenters. The van der Waals surface area contributed by atoms with Gasteiger partial charge in [0.2, 0.25) is 5.91 Å². The lowest BCUT2D eigenvalue weighted by molar-refractivity contribution is -0.123. The van der Waals surface area contributed by atoms with E-state index in [4.69, 9.17) is 5.73 Å². The van der Waals surface area contributed by atoms with Crippen LogP contribution in [0.5, 0.6) is 0 Å². The molecule has 0 aliphatic carbocycles. The molecule has 3 nitrogen and oxygen atoms in total. The summed E-state index contributed by atoms with van der Waals surface area (Å²) in [6, 6.07) is 1.76. The number of aryl methyl sites for hydroxylation is 2.